The van der Waals surface area contributed by atoms with E-state index in [0.717, 1.165) is 12.1 Å². The highest BCUT2D eigenvalue weighted by Gasteiger charge is 2.14. The third-order valence-corrected chi connectivity index (χ3v) is 3.15. The van der Waals surface area contributed by atoms with Gasteiger partial charge >= 0.3 is 0 Å². The zero-order chi connectivity index (χ0) is 12.1. The summed E-state index contributed by atoms with van der Waals surface area (Å²) in [7, 11) is 0. The van der Waals surface area contributed by atoms with Crippen LogP contribution in [0.25, 0.3) is 0 Å². The Morgan fingerprint density at radius 1 is 1.41 bits per heavy atom. The van der Waals surface area contributed by atoms with Crippen molar-refractivity contribution in [2.75, 3.05) is 19.6 Å². The van der Waals surface area contributed by atoms with Gasteiger partial charge in [-0.25, -0.2) is 4.39 Å². The Bertz CT molecular complexity index is 350. The van der Waals surface area contributed by atoms with Crippen molar-refractivity contribution in [3.05, 3.63) is 29.8 Å². The maximum Gasteiger partial charge on any atom is 0.141 e. The van der Waals surface area contributed by atoms with Gasteiger partial charge in [0.15, 0.2) is 0 Å². The largest absolute Gasteiger partial charge is 0.309 e. The third kappa shape index (κ3) is 4.06. The molecule has 4 heteroatoms. The Labute approximate surface area is 102 Å². The molecular weight excluding hydrogens is 217 g/mol. The lowest BCUT2D eigenvalue weighted by Gasteiger charge is -2.21. The van der Waals surface area contributed by atoms with Crippen molar-refractivity contribution in [3.8, 4) is 0 Å². The number of pyridine rings is 1. The molecule has 1 saturated heterocycles. The van der Waals surface area contributed by atoms with Crippen molar-refractivity contribution in [3.63, 3.8) is 0 Å². The van der Waals surface area contributed by atoms with Crippen molar-refractivity contribution >= 4 is 0 Å². The van der Waals surface area contributed by atoms with Gasteiger partial charge < -0.3 is 10.2 Å². The van der Waals surface area contributed by atoms with Gasteiger partial charge in [0.25, 0.3) is 0 Å². The van der Waals surface area contributed by atoms with Gasteiger partial charge in [0, 0.05) is 25.3 Å². The highest BCUT2D eigenvalue weighted by atomic mass is 19.1. The minimum atomic E-state index is -0.267. The molecule has 1 fully saturated rings. The molecule has 17 heavy (non-hydrogen) atoms. The molecule has 1 aromatic rings. The maximum absolute atomic E-state index is 12.9. The molecule has 0 aliphatic carbocycles. The summed E-state index contributed by atoms with van der Waals surface area (Å²) in [6, 6.07) is 1.96. The molecule has 3 nitrogen and oxygen atoms in total. The second-order valence-corrected chi connectivity index (χ2v) is 4.80. The van der Waals surface area contributed by atoms with Crippen LogP contribution in [0.1, 0.15) is 25.3 Å². The summed E-state index contributed by atoms with van der Waals surface area (Å²) in [5.41, 5.74) is 0.901. The van der Waals surface area contributed by atoms with Crippen molar-refractivity contribution < 1.29 is 4.39 Å². The molecule has 1 atom stereocenters. The van der Waals surface area contributed by atoms with E-state index in [1.54, 1.807) is 6.20 Å². The fourth-order valence-corrected chi connectivity index (χ4v) is 2.26. The quantitative estimate of drug-likeness (QED) is 0.846. The van der Waals surface area contributed by atoms with Gasteiger partial charge in [0.2, 0.25) is 0 Å². The molecule has 0 amide bonds. The molecule has 0 aromatic carbocycles. The van der Waals surface area contributed by atoms with E-state index in [9.17, 15) is 4.39 Å². The molecule has 0 spiro atoms. The summed E-state index contributed by atoms with van der Waals surface area (Å²) < 4.78 is 12.9. The van der Waals surface area contributed by atoms with Crippen LogP contribution in [0.4, 0.5) is 4.39 Å². The Hall–Kier alpha value is -1.00. The number of hydrogen-bond donors (Lipinski definition) is 1. The van der Waals surface area contributed by atoms with Crippen LogP contribution in [0, 0.1) is 5.82 Å². The van der Waals surface area contributed by atoms with E-state index >= 15 is 0 Å². The SMILES string of the molecule is CC(CN1CCCC1)NCc1cncc(F)c1. The van der Waals surface area contributed by atoms with Crippen LogP contribution in [0.15, 0.2) is 18.5 Å². The smallest absolute Gasteiger partial charge is 0.141 e. The van der Waals surface area contributed by atoms with E-state index in [-0.39, 0.29) is 5.82 Å². The van der Waals surface area contributed by atoms with E-state index in [1.165, 1.54) is 38.2 Å². The van der Waals surface area contributed by atoms with E-state index in [2.05, 4.69) is 22.1 Å². The maximum atomic E-state index is 12.9. The van der Waals surface area contributed by atoms with E-state index in [4.69, 9.17) is 0 Å². The molecular formula is C13H20FN3. The Kier molecular flexibility index (Phi) is 4.45. The van der Waals surface area contributed by atoms with Crippen molar-refractivity contribution in [2.24, 2.45) is 0 Å². The number of nitrogens with zero attached hydrogens (tertiary/aromatic N) is 2. The topological polar surface area (TPSA) is 28.2 Å². The second kappa shape index (κ2) is 6.07. The first-order valence-electron chi connectivity index (χ1n) is 6.29. The van der Waals surface area contributed by atoms with Gasteiger partial charge in [-0.3, -0.25) is 4.98 Å². The summed E-state index contributed by atoms with van der Waals surface area (Å²) in [6.07, 6.45) is 5.58. The first-order valence-corrected chi connectivity index (χ1v) is 6.29. The van der Waals surface area contributed by atoms with Crippen LogP contribution in [-0.4, -0.2) is 35.6 Å². The number of rotatable bonds is 5. The van der Waals surface area contributed by atoms with E-state index in [1.807, 2.05) is 0 Å². The van der Waals surface area contributed by atoms with Crippen LogP contribution < -0.4 is 5.32 Å². The molecule has 0 radical (unpaired) electrons. The summed E-state index contributed by atoms with van der Waals surface area (Å²) in [4.78, 5) is 6.31. The number of likely N-dealkylation sites (tertiary alicyclic amines) is 1. The molecule has 1 unspecified atom stereocenters. The minimum Gasteiger partial charge on any atom is -0.309 e. The van der Waals surface area contributed by atoms with Crippen LogP contribution in [0.3, 0.4) is 0 Å². The first kappa shape index (κ1) is 12.5. The lowest BCUT2D eigenvalue weighted by Crippen LogP contribution is -2.37. The zero-order valence-electron chi connectivity index (χ0n) is 10.3. The molecule has 1 aromatic heterocycles. The minimum absolute atomic E-state index is 0.267. The number of aromatic nitrogens is 1. The number of nitrogens with one attached hydrogen (secondary N) is 1. The summed E-state index contributed by atoms with van der Waals surface area (Å²) in [5, 5.41) is 3.40. The van der Waals surface area contributed by atoms with Gasteiger partial charge in [-0.1, -0.05) is 0 Å². The predicted octanol–water partition coefficient (Wildman–Crippen LogP) is 1.79. The molecule has 2 heterocycles. The monoisotopic (exact) mass is 237 g/mol. The molecule has 2 rings (SSSR count). The fraction of sp³-hybridized carbons (Fsp3) is 0.615. The van der Waals surface area contributed by atoms with Gasteiger partial charge in [0.05, 0.1) is 6.20 Å². The Morgan fingerprint density at radius 2 is 2.18 bits per heavy atom. The molecule has 1 aliphatic heterocycles. The van der Waals surface area contributed by atoms with Crippen LogP contribution in [0.5, 0.6) is 0 Å². The molecule has 0 saturated carbocycles. The van der Waals surface area contributed by atoms with Crippen LogP contribution in [-0.2, 0) is 6.54 Å². The van der Waals surface area contributed by atoms with Crippen molar-refractivity contribution in [1.82, 2.24) is 15.2 Å². The number of halogens is 1. The molecule has 0 bridgehead atoms. The van der Waals surface area contributed by atoms with Gasteiger partial charge in [-0.2, -0.15) is 0 Å². The van der Waals surface area contributed by atoms with Crippen molar-refractivity contribution in [2.45, 2.75) is 32.4 Å². The average molecular weight is 237 g/mol. The highest BCUT2D eigenvalue weighted by molar-refractivity contribution is 5.09. The highest BCUT2D eigenvalue weighted by Crippen LogP contribution is 2.08. The van der Waals surface area contributed by atoms with Crippen LogP contribution in [0.2, 0.25) is 0 Å². The molecule has 1 N–H and O–H groups in total. The summed E-state index contributed by atoms with van der Waals surface area (Å²) >= 11 is 0. The molecule has 94 valence electrons. The standard InChI is InChI=1S/C13H20FN3/c1-11(10-17-4-2-3-5-17)16-8-12-6-13(14)9-15-7-12/h6-7,9,11,16H,2-5,8,10H2,1H3. The predicted molar refractivity (Wildman–Crippen MR) is 66.2 cm³/mol. The fourth-order valence-electron chi connectivity index (χ4n) is 2.26. The van der Waals surface area contributed by atoms with Gasteiger partial charge in [-0.05, 0) is 44.5 Å². The summed E-state index contributed by atoms with van der Waals surface area (Å²) in [6.45, 7) is 6.36. The summed E-state index contributed by atoms with van der Waals surface area (Å²) in [5.74, 6) is -0.267. The average Bonchev–Trinajstić information content (AvgIpc) is 2.79. The first-order chi connectivity index (χ1) is 8.24. The normalized spacial score (nSPS) is 18.5. The molecule has 1 aliphatic rings. The van der Waals surface area contributed by atoms with Gasteiger partial charge in [0.1, 0.15) is 5.82 Å². The lowest BCUT2D eigenvalue weighted by molar-refractivity contribution is 0.298. The van der Waals surface area contributed by atoms with E-state index < -0.39 is 0 Å². The Morgan fingerprint density at radius 3 is 2.88 bits per heavy atom. The lowest BCUT2D eigenvalue weighted by atomic mass is 10.2. The number of hydrogen-bond acceptors (Lipinski definition) is 3. The zero-order valence-corrected chi connectivity index (χ0v) is 10.3. The van der Waals surface area contributed by atoms with Crippen LogP contribution >= 0.6 is 0 Å². The van der Waals surface area contributed by atoms with Gasteiger partial charge in [-0.15, -0.1) is 0 Å². The third-order valence-electron chi connectivity index (χ3n) is 3.15. The van der Waals surface area contributed by atoms with E-state index in [0.29, 0.717) is 12.6 Å². The second-order valence-electron chi connectivity index (χ2n) is 4.80. The Balaban J connectivity index is 1.73. The van der Waals surface area contributed by atoms with Crippen molar-refractivity contribution in [1.29, 1.82) is 0 Å².